The predicted molar refractivity (Wildman–Crippen MR) is 114 cm³/mol. The van der Waals surface area contributed by atoms with Gasteiger partial charge in [-0.1, -0.05) is 6.07 Å². The summed E-state index contributed by atoms with van der Waals surface area (Å²) in [5.74, 6) is 1.70. The van der Waals surface area contributed by atoms with Crippen molar-refractivity contribution in [2.24, 2.45) is 0 Å². The Morgan fingerprint density at radius 3 is 2.47 bits per heavy atom. The summed E-state index contributed by atoms with van der Waals surface area (Å²) in [4.78, 5) is 39.2. The third-order valence-corrected chi connectivity index (χ3v) is 5.01. The first-order valence-corrected chi connectivity index (χ1v) is 9.86. The molecule has 0 saturated carbocycles. The lowest BCUT2D eigenvalue weighted by Gasteiger charge is -2.33. The molecule has 0 bridgehead atoms. The molecule has 0 radical (unpaired) electrons. The number of aromatic nitrogens is 5. The summed E-state index contributed by atoms with van der Waals surface area (Å²) in [6.45, 7) is 7.44. The minimum absolute atomic E-state index is 0.190. The van der Waals surface area contributed by atoms with Crippen molar-refractivity contribution in [1.29, 1.82) is 0 Å². The molecule has 154 valence electrons. The van der Waals surface area contributed by atoms with E-state index >= 15 is 0 Å². The maximum Gasteiger partial charge on any atom is 0.259 e. The highest BCUT2D eigenvalue weighted by Crippen LogP contribution is 2.18. The van der Waals surface area contributed by atoms with Crippen LogP contribution in [0.25, 0.3) is 11.5 Å². The largest absolute Gasteiger partial charge is 0.354 e. The van der Waals surface area contributed by atoms with Gasteiger partial charge >= 0.3 is 0 Å². The second-order valence-corrected chi connectivity index (χ2v) is 7.29. The zero-order valence-electron chi connectivity index (χ0n) is 17.3. The molecular weight excluding hydrogens is 380 g/mol. The topological polar surface area (TPSA) is 100 Å². The number of anilines is 2. The van der Waals surface area contributed by atoms with Gasteiger partial charge in [0.1, 0.15) is 17.3 Å². The molecule has 0 spiro atoms. The number of amides is 1. The molecule has 3 aromatic heterocycles. The van der Waals surface area contributed by atoms with Crippen LogP contribution in [0.4, 0.5) is 11.8 Å². The van der Waals surface area contributed by atoms with Crippen LogP contribution in [0.3, 0.4) is 0 Å². The maximum atomic E-state index is 12.8. The van der Waals surface area contributed by atoms with E-state index < -0.39 is 0 Å². The van der Waals surface area contributed by atoms with Crippen molar-refractivity contribution >= 4 is 17.7 Å². The van der Waals surface area contributed by atoms with E-state index in [1.165, 1.54) is 0 Å². The summed E-state index contributed by atoms with van der Waals surface area (Å²) in [6.07, 6.45) is 1.67. The molecule has 1 saturated heterocycles. The van der Waals surface area contributed by atoms with Crippen LogP contribution in [-0.2, 0) is 0 Å². The molecule has 1 amide bonds. The average molecular weight is 404 g/mol. The monoisotopic (exact) mass is 404 g/mol. The third kappa shape index (κ3) is 4.41. The van der Waals surface area contributed by atoms with Gasteiger partial charge in [-0.05, 0) is 45.2 Å². The van der Waals surface area contributed by atoms with Gasteiger partial charge in [-0.3, -0.25) is 15.1 Å². The molecule has 1 aliphatic heterocycles. The summed E-state index contributed by atoms with van der Waals surface area (Å²) in [5.41, 5.74) is 1.78. The first-order chi connectivity index (χ1) is 14.5. The highest BCUT2D eigenvalue weighted by atomic mass is 16.1. The minimum atomic E-state index is -0.303. The van der Waals surface area contributed by atoms with Gasteiger partial charge in [-0.2, -0.15) is 9.97 Å². The van der Waals surface area contributed by atoms with Crippen molar-refractivity contribution in [3.63, 3.8) is 0 Å². The van der Waals surface area contributed by atoms with E-state index in [9.17, 15) is 4.79 Å². The van der Waals surface area contributed by atoms with Crippen LogP contribution < -0.4 is 10.2 Å². The van der Waals surface area contributed by atoms with Gasteiger partial charge < -0.3 is 9.80 Å². The molecule has 4 rings (SSSR count). The van der Waals surface area contributed by atoms with Crippen LogP contribution in [0.15, 0.2) is 36.5 Å². The number of likely N-dealkylation sites (N-methyl/N-ethyl adjacent to an activating group) is 1. The van der Waals surface area contributed by atoms with Gasteiger partial charge in [-0.15, -0.1) is 0 Å². The first kappa shape index (κ1) is 19.8. The molecule has 0 aliphatic carbocycles. The molecule has 0 atom stereocenters. The standard InChI is InChI=1S/C21H24N8O/c1-14-16(7-8-18(23-14)29-12-10-28(3)11-13-29)20(30)27-21-25-15(2)24-19(26-21)17-6-4-5-9-22-17/h4-9H,10-13H2,1-3H3,(H,24,25,26,27,30). The highest BCUT2D eigenvalue weighted by molar-refractivity contribution is 6.04. The number of piperazine rings is 1. The summed E-state index contributed by atoms with van der Waals surface area (Å²) >= 11 is 0. The van der Waals surface area contributed by atoms with Crippen molar-refractivity contribution in [2.45, 2.75) is 13.8 Å². The lowest BCUT2D eigenvalue weighted by atomic mass is 10.2. The molecule has 0 aromatic carbocycles. The number of hydrogen-bond donors (Lipinski definition) is 1. The molecule has 9 heteroatoms. The Bertz CT molecular complexity index is 1050. The fraction of sp³-hybridized carbons (Fsp3) is 0.333. The molecule has 3 aromatic rings. The third-order valence-electron chi connectivity index (χ3n) is 5.01. The number of hydrogen-bond acceptors (Lipinski definition) is 8. The van der Waals surface area contributed by atoms with E-state index in [1.54, 1.807) is 19.2 Å². The van der Waals surface area contributed by atoms with Crippen molar-refractivity contribution in [3.8, 4) is 11.5 Å². The second-order valence-electron chi connectivity index (χ2n) is 7.29. The number of nitrogens with one attached hydrogen (secondary N) is 1. The van der Waals surface area contributed by atoms with E-state index in [2.05, 4.69) is 47.1 Å². The van der Waals surface area contributed by atoms with Crippen LogP contribution in [0.2, 0.25) is 0 Å². The van der Waals surface area contributed by atoms with Crippen LogP contribution in [0.1, 0.15) is 21.9 Å². The minimum Gasteiger partial charge on any atom is -0.354 e. The van der Waals surface area contributed by atoms with Gasteiger partial charge in [0.25, 0.3) is 5.91 Å². The predicted octanol–water partition coefficient (Wildman–Crippen LogP) is 1.95. The molecule has 1 fully saturated rings. The quantitative estimate of drug-likeness (QED) is 0.704. The fourth-order valence-corrected chi connectivity index (χ4v) is 3.32. The normalized spacial score (nSPS) is 14.6. The summed E-state index contributed by atoms with van der Waals surface area (Å²) in [5, 5.41) is 2.77. The van der Waals surface area contributed by atoms with E-state index in [1.807, 2.05) is 31.2 Å². The smallest absolute Gasteiger partial charge is 0.259 e. The van der Waals surface area contributed by atoms with Gasteiger partial charge in [-0.25, -0.2) is 9.97 Å². The van der Waals surface area contributed by atoms with Crippen LogP contribution in [-0.4, -0.2) is 69.0 Å². The average Bonchev–Trinajstić information content (AvgIpc) is 2.74. The van der Waals surface area contributed by atoms with E-state index in [-0.39, 0.29) is 11.9 Å². The van der Waals surface area contributed by atoms with Gasteiger partial charge in [0, 0.05) is 32.4 Å². The number of pyridine rings is 2. The maximum absolute atomic E-state index is 12.8. The molecule has 1 N–H and O–H groups in total. The Hall–Kier alpha value is -3.46. The Balaban J connectivity index is 1.52. The Kier molecular flexibility index (Phi) is 5.62. The number of carbonyl (C=O) groups is 1. The van der Waals surface area contributed by atoms with Crippen LogP contribution in [0, 0.1) is 13.8 Å². The number of nitrogens with zero attached hydrogens (tertiary/aromatic N) is 7. The summed E-state index contributed by atoms with van der Waals surface area (Å²) < 4.78 is 0. The van der Waals surface area contributed by atoms with Gasteiger partial charge in [0.05, 0.1) is 11.3 Å². The number of rotatable bonds is 4. The molecule has 9 nitrogen and oxygen atoms in total. The lowest BCUT2D eigenvalue weighted by Crippen LogP contribution is -2.44. The molecule has 4 heterocycles. The van der Waals surface area contributed by atoms with Crippen LogP contribution >= 0.6 is 0 Å². The number of carbonyl (C=O) groups excluding carboxylic acids is 1. The zero-order valence-corrected chi connectivity index (χ0v) is 17.3. The summed E-state index contributed by atoms with van der Waals surface area (Å²) in [7, 11) is 2.12. The van der Waals surface area contributed by atoms with Crippen molar-refractivity contribution in [3.05, 3.63) is 53.6 Å². The Labute approximate surface area is 175 Å². The fourth-order valence-electron chi connectivity index (χ4n) is 3.32. The van der Waals surface area contributed by atoms with Crippen molar-refractivity contribution < 1.29 is 4.79 Å². The Morgan fingerprint density at radius 1 is 0.967 bits per heavy atom. The summed E-state index contributed by atoms with van der Waals surface area (Å²) in [6, 6.07) is 9.19. The molecule has 30 heavy (non-hydrogen) atoms. The lowest BCUT2D eigenvalue weighted by molar-refractivity contribution is 0.102. The van der Waals surface area contributed by atoms with E-state index in [0.29, 0.717) is 28.6 Å². The van der Waals surface area contributed by atoms with E-state index in [0.717, 1.165) is 32.0 Å². The number of aryl methyl sites for hydroxylation is 2. The van der Waals surface area contributed by atoms with Crippen molar-refractivity contribution in [2.75, 3.05) is 43.4 Å². The van der Waals surface area contributed by atoms with Gasteiger partial charge in [0.15, 0.2) is 5.82 Å². The Morgan fingerprint density at radius 2 is 1.77 bits per heavy atom. The van der Waals surface area contributed by atoms with Gasteiger partial charge in [0.2, 0.25) is 5.95 Å². The van der Waals surface area contributed by atoms with Crippen LogP contribution in [0.5, 0.6) is 0 Å². The SMILES string of the molecule is Cc1nc(NC(=O)c2ccc(N3CCN(C)CC3)nc2C)nc(-c2ccccn2)n1. The molecule has 1 aliphatic rings. The van der Waals surface area contributed by atoms with Crippen molar-refractivity contribution in [1.82, 2.24) is 29.8 Å². The first-order valence-electron chi connectivity index (χ1n) is 9.86. The van der Waals surface area contributed by atoms with E-state index in [4.69, 9.17) is 0 Å². The molecular formula is C21H24N8O. The zero-order chi connectivity index (χ0) is 21.1. The molecule has 0 unspecified atom stereocenters. The second kappa shape index (κ2) is 8.50. The highest BCUT2D eigenvalue weighted by Gasteiger charge is 2.18.